The molecule has 90 valence electrons. The highest BCUT2D eigenvalue weighted by Crippen LogP contribution is 2.23. The van der Waals surface area contributed by atoms with Gasteiger partial charge in [0.25, 0.3) is 5.92 Å². The van der Waals surface area contributed by atoms with Crippen LogP contribution in [0.5, 0.6) is 0 Å². The second-order valence-corrected chi connectivity index (χ2v) is 2.00. The summed E-state index contributed by atoms with van der Waals surface area (Å²) in [4.78, 5) is 8.90. The van der Waals surface area contributed by atoms with Crippen LogP contribution in [0.3, 0.4) is 0 Å². The first-order valence-electron chi connectivity index (χ1n) is 7.12. The van der Waals surface area contributed by atoms with E-state index in [-0.39, 0.29) is 0 Å². The first-order chi connectivity index (χ1) is 9.65. The van der Waals surface area contributed by atoms with Crippen LogP contribution < -0.4 is 5.32 Å². The number of hydrogen-bond acceptors (Lipinski definition) is 2. The molecule has 0 atom stereocenters. The highest BCUT2D eigenvalue weighted by atomic mass is 19.4. The standard InChI is InChI=1S/C5H9F2N.C2HF3O2/c6-5(7)1-3-8-4-2-5;3-2(4,5)1(6)7/h8H,1-4H2;(H,6,7)/i1D2,2D2,3D2,4D2;. The Morgan fingerprint density at radius 1 is 1.33 bits per heavy atom. The first kappa shape index (κ1) is 5.42. The number of carbonyl (C=O) groups is 1. The lowest BCUT2D eigenvalue weighted by Gasteiger charge is -2.21. The fourth-order valence-corrected chi connectivity index (χ4v) is 0.282. The van der Waals surface area contributed by atoms with Crippen LogP contribution in [0.15, 0.2) is 0 Å². The van der Waals surface area contributed by atoms with E-state index in [0.29, 0.717) is 0 Å². The predicted molar refractivity (Wildman–Crippen MR) is 40.7 cm³/mol. The van der Waals surface area contributed by atoms with Crippen LogP contribution in [0, 0.1) is 0 Å². The van der Waals surface area contributed by atoms with Gasteiger partial charge < -0.3 is 10.4 Å². The molecule has 0 aliphatic carbocycles. The Hall–Kier alpha value is -0.920. The number of rotatable bonds is 0. The topological polar surface area (TPSA) is 49.3 Å². The third-order valence-electron chi connectivity index (χ3n) is 0.806. The lowest BCUT2D eigenvalue weighted by molar-refractivity contribution is -0.192. The van der Waals surface area contributed by atoms with Gasteiger partial charge in [0, 0.05) is 36.7 Å². The Kier molecular flexibility index (Phi) is 1.89. The summed E-state index contributed by atoms with van der Waals surface area (Å²) in [6.45, 7) is -6.77. The van der Waals surface area contributed by atoms with Crippen molar-refractivity contribution in [2.75, 3.05) is 13.0 Å². The molecule has 15 heavy (non-hydrogen) atoms. The zero-order valence-electron chi connectivity index (χ0n) is 14.7. The van der Waals surface area contributed by atoms with Gasteiger partial charge in [-0.25, -0.2) is 13.6 Å². The number of carboxylic acid groups (broad SMARTS) is 1. The van der Waals surface area contributed by atoms with Crippen molar-refractivity contribution in [3.63, 3.8) is 0 Å². The van der Waals surface area contributed by atoms with E-state index in [1.165, 1.54) is 5.32 Å². The van der Waals surface area contributed by atoms with Crippen LogP contribution in [-0.2, 0) is 4.79 Å². The first-order valence-corrected chi connectivity index (χ1v) is 3.12. The molecular weight excluding hydrogens is 225 g/mol. The van der Waals surface area contributed by atoms with Crippen molar-refractivity contribution in [2.45, 2.75) is 24.8 Å². The van der Waals surface area contributed by atoms with Gasteiger partial charge >= 0.3 is 12.1 Å². The molecule has 0 saturated carbocycles. The van der Waals surface area contributed by atoms with Gasteiger partial charge in [-0.05, 0) is 0 Å². The van der Waals surface area contributed by atoms with Gasteiger partial charge in [0.1, 0.15) is 0 Å². The van der Waals surface area contributed by atoms with E-state index in [0.717, 1.165) is 0 Å². The molecule has 3 nitrogen and oxygen atoms in total. The summed E-state index contributed by atoms with van der Waals surface area (Å²) in [6, 6.07) is 0. The number of piperidine rings is 1. The number of nitrogens with one attached hydrogen (secondary N) is 1. The average molecular weight is 243 g/mol. The van der Waals surface area contributed by atoms with E-state index in [2.05, 4.69) is 0 Å². The van der Waals surface area contributed by atoms with Gasteiger partial charge in [0.2, 0.25) is 0 Å². The molecule has 1 heterocycles. The van der Waals surface area contributed by atoms with Crippen LogP contribution in [0.2, 0.25) is 0 Å². The van der Waals surface area contributed by atoms with E-state index in [4.69, 9.17) is 20.9 Å². The Bertz CT molecular complexity index is 452. The van der Waals surface area contributed by atoms with Gasteiger partial charge in [-0.2, -0.15) is 13.2 Å². The molecule has 0 bridgehead atoms. The van der Waals surface area contributed by atoms with E-state index in [1.54, 1.807) is 0 Å². The molecule has 1 rings (SSSR count). The summed E-state index contributed by atoms with van der Waals surface area (Å²) in [5, 5.41) is 8.43. The van der Waals surface area contributed by atoms with Crippen LogP contribution >= 0.6 is 0 Å². The normalized spacial score (nSPS) is 41.4. The average Bonchev–Trinajstić information content (AvgIpc) is 2.24. The highest BCUT2D eigenvalue weighted by Gasteiger charge is 2.38. The number of alkyl halides is 5. The molecule has 0 aromatic carbocycles. The fraction of sp³-hybridized carbons (Fsp3) is 0.857. The Labute approximate surface area is 93.5 Å². The molecule has 1 fully saturated rings. The Balaban J connectivity index is 0.000000585. The second-order valence-electron chi connectivity index (χ2n) is 2.00. The number of carboxylic acids is 1. The van der Waals surface area contributed by atoms with E-state index in [9.17, 15) is 22.0 Å². The lowest BCUT2D eigenvalue weighted by Crippen LogP contribution is -2.35. The minimum Gasteiger partial charge on any atom is -0.475 e. The smallest absolute Gasteiger partial charge is 0.475 e. The minimum atomic E-state index is -5.08. The molecule has 0 amide bonds. The van der Waals surface area contributed by atoms with E-state index in [1.807, 2.05) is 0 Å². The number of hydrogen-bond donors (Lipinski definition) is 2. The second kappa shape index (κ2) is 5.24. The molecule has 0 aromatic heterocycles. The SMILES string of the molecule is O=C(O)C(F)(F)F.[2H]C1([2H])NC([2H])([2H])C([2H])([2H])C(F)(F)C1([2H])[2H]. The van der Waals surface area contributed by atoms with Crippen molar-refractivity contribution >= 4 is 5.97 Å². The summed E-state index contributed by atoms with van der Waals surface area (Å²) < 4.78 is 114. The summed E-state index contributed by atoms with van der Waals surface area (Å²) in [7, 11) is 0. The van der Waals surface area contributed by atoms with Crippen molar-refractivity contribution in [3.8, 4) is 0 Å². The van der Waals surface area contributed by atoms with Crippen molar-refractivity contribution in [2.24, 2.45) is 0 Å². The van der Waals surface area contributed by atoms with Crippen molar-refractivity contribution < 1.29 is 42.8 Å². The minimum absolute atomic E-state index is 1.30. The van der Waals surface area contributed by atoms with Gasteiger partial charge in [0.15, 0.2) is 0 Å². The summed E-state index contributed by atoms with van der Waals surface area (Å²) in [5.74, 6) is -7.56. The fourth-order valence-electron chi connectivity index (χ4n) is 0.282. The zero-order valence-corrected chi connectivity index (χ0v) is 6.75. The quantitative estimate of drug-likeness (QED) is 0.636. The third-order valence-corrected chi connectivity index (χ3v) is 0.806. The maximum atomic E-state index is 13.5. The van der Waals surface area contributed by atoms with Gasteiger partial charge in [0.05, 0.1) is 0 Å². The molecule has 0 unspecified atom stereocenters. The molecular formula is C7H10F5NO2. The van der Waals surface area contributed by atoms with Gasteiger partial charge in [-0.1, -0.05) is 0 Å². The Morgan fingerprint density at radius 2 is 1.67 bits per heavy atom. The third kappa shape index (κ3) is 7.06. The van der Waals surface area contributed by atoms with Crippen molar-refractivity contribution in [1.29, 1.82) is 0 Å². The molecule has 1 aliphatic heterocycles. The number of halogens is 5. The van der Waals surface area contributed by atoms with Gasteiger partial charge in [-0.3, -0.25) is 0 Å². The monoisotopic (exact) mass is 243 g/mol. The summed E-state index contributed by atoms with van der Waals surface area (Å²) in [6.07, 6.45) is -12.8. The van der Waals surface area contributed by atoms with E-state index < -0.39 is 43.8 Å². The number of aliphatic carboxylic acids is 1. The molecule has 0 aromatic rings. The molecule has 2 N–H and O–H groups in total. The van der Waals surface area contributed by atoms with Crippen molar-refractivity contribution in [3.05, 3.63) is 0 Å². The molecule has 8 heteroatoms. The molecule has 0 radical (unpaired) electrons. The zero-order chi connectivity index (χ0) is 19.3. The van der Waals surface area contributed by atoms with E-state index >= 15 is 0 Å². The lowest BCUT2D eigenvalue weighted by atomic mass is 10.1. The van der Waals surface area contributed by atoms with Crippen LogP contribution in [0.4, 0.5) is 22.0 Å². The van der Waals surface area contributed by atoms with Crippen molar-refractivity contribution in [1.82, 2.24) is 5.32 Å². The maximum Gasteiger partial charge on any atom is 0.490 e. The molecule has 1 saturated heterocycles. The summed E-state index contributed by atoms with van der Waals surface area (Å²) in [5.41, 5.74) is 0. The van der Waals surface area contributed by atoms with Crippen LogP contribution in [-0.4, -0.2) is 36.2 Å². The molecule has 1 aliphatic rings. The highest BCUT2D eigenvalue weighted by molar-refractivity contribution is 5.73. The largest absolute Gasteiger partial charge is 0.490 e. The summed E-state index contributed by atoms with van der Waals surface area (Å²) >= 11 is 0. The molecule has 0 spiro atoms. The van der Waals surface area contributed by atoms with Crippen LogP contribution in [0.25, 0.3) is 0 Å². The van der Waals surface area contributed by atoms with Gasteiger partial charge in [-0.15, -0.1) is 0 Å². The maximum absolute atomic E-state index is 13.5. The van der Waals surface area contributed by atoms with Crippen LogP contribution in [0.1, 0.15) is 23.7 Å². The Morgan fingerprint density at radius 3 is 1.93 bits per heavy atom. The predicted octanol–water partition coefficient (Wildman–Crippen LogP) is 1.64.